The van der Waals surface area contributed by atoms with Crippen LogP contribution in [0, 0.1) is 13.8 Å². The van der Waals surface area contributed by atoms with Crippen LogP contribution in [0.15, 0.2) is 29.3 Å². The first-order valence-electron chi connectivity index (χ1n) is 6.65. The van der Waals surface area contributed by atoms with Gasteiger partial charge in [-0.3, -0.25) is 19.4 Å². The molecular formula is C15H14N4O3. The van der Waals surface area contributed by atoms with Crippen molar-refractivity contribution >= 4 is 16.7 Å². The van der Waals surface area contributed by atoms with Crippen molar-refractivity contribution in [1.29, 1.82) is 0 Å². The van der Waals surface area contributed by atoms with Crippen LogP contribution in [0.2, 0.25) is 0 Å². The SMILES string of the molecule is COC(=O)c1c(C)nc(C)c2c(=O)n(-c3ccn[nH]3)ccc12. The number of aromatic amines is 1. The molecule has 22 heavy (non-hydrogen) atoms. The Labute approximate surface area is 125 Å². The van der Waals surface area contributed by atoms with Gasteiger partial charge in [-0.1, -0.05) is 0 Å². The van der Waals surface area contributed by atoms with Crippen LogP contribution in [0.25, 0.3) is 16.6 Å². The lowest BCUT2D eigenvalue weighted by Gasteiger charge is -2.11. The monoisotopic (exact) mass is 298 g/mol. The van der Waals surface area contributed by atoms with E-state index in [1.165, 1.54) is 11.7 Å². The molecule has 0 spiro atoms. The summed E-state index contributed by atoms with van der Waals surface area (Å²) in [5, 5.41) is 7.51. The third-order valence-electron chi connectivity index (χ3n) is 3.56. The predicted octanol–water partition coefficient (Wildman–Crippen LogP) is 1.51. The molecule has 0 saturated carbocycles. The molecule has 0 atom stereocenters. The van der Waals surface area contributed by atoms with Crippen molar-refractivity contribution in [3.8, 4) is 5.82 Å². The smallest absolute Gasteiger partial charge is 0.340 e. The summed E-state index contributed by atoms with van der Waals surface area (Å²) >= 11 is 0. The van der Waals surface area contributed by atoms with Gasteiger partial charge in [0.2, 0.25) is 0 Å². The van der Waals surface area contributed by atoms with Crippen LogP contribution < -0.4 is 5.56 Å². The number of fused-ring (bicyclic) bond motifs is 1. The fourth-order valence-corrected chi connectivity index (χ4v) is 2.58. The standard InChI is InChI=1S/C15H14N4O3/c1-8-12-10(13(9(2)17-8)15(21)22-3)5-7-19(14(12)20)11-4-6-16-18-11/h4-7H,1-3H3,(H,16,18). The molecule has 3 rings (SSSR count). The number of methoxy groups -OCH3 is 1. The molecule has 1 N–H and O–H groups in total. The van der Waals surface area contributed by atoms with Gasteiger partial charge in [0.1, 0.15) is 5.82 Å². The highest BCUT2D eigenvalue weighted by Crippen LogP contribution is 2.22. The van der Waals surface area contributed by atoms with Crippen molar-refractivity contribution in [2.75, 3.05) is 7.11 Å². The van der Waals surface area contributed by atoms with Gasteiger partial charge >= 0.3 is 5.97 Å². The average molecular weight is 298 g/mol. The maximum absolute atomic E-state index is 12.7. The number of aromatic nitrogens is 4. The van der Waals surface area contributed by atoms with Crippen LogP contribution in [0.4, 0.5) is 0 Å². The number of carbonyl (C=O) groups excluding carboxylic acids is 1. The molecule has 3 heterocycles. The molecule has 112 valence electrons. The van der Waals surface area contributed by atoms with Gasteiger partial charge in [0, 0.05) is 17.6 Å². The molecule has 7 nitrogen and oxygen atoms in total. The van der Waals surface area contributed by atoms with Crippen molar-refractivity contribution in [3.05, 3.63) is 51.8 Å². The van der Waals surface area contributed by atoms with E-state index in [-0.39, 0.29) is 5.56 Å². The molecule has 3 aromatic rings. The Hall–Kier alpha value is -2.96. The van der Waals surface area contributed by atoms with Crippen LogP contribution in [0.1, 0.15) is 21.7 Å². The minimum absolute atomic E-state index is 0.267. The molecule has 0 aliphatic carbocycles. The first-order valence-corrected chi connectivity index (χ1v) is 6.65. The molecule has 0 radical (unpaired) electrons. The number of hydrogen-bond acceptors (Lipinski definition) is 5. The Kier molecular flexibility index (Phi) is 3.25. The lowest BCUT2D eigenvalue weighted by molar-refractivity contribution is 0.0601. The van der Waals surface area contributed by atoms with Crippen molar-refractivity contribution in [2.45, 2.75) is 13.8 Å². The van der Waals surface area contributed by atoms with Crippen molar-refractivity contribution in [3.63, 3.8) is 0 Å². The summed E-state index contributed by atoms with van der Waals surface area (Å²) in [4.78, 5) is 29.1. The topological polar surface area (TPSA) is 89.9 Å². The Bertz CT molecular complexity index is 926. The quantitative estimate of drug-likeness (QED) is 0.724. The minimum Gasteiger partial charge on any atom is -0.465 e. The average Bonchev–Trinajstić information content (AvgIpc) is 3.00. The van der Waals surface area contributed by atoms with Crippen LogP contribution in [0.3, 0.4) is 0 Å². The highest BCUT2D eigenvalue weighted by molar-refractivity contribution is 6.05. The number of rotatable bonds is 2. The zero-order valence-electron chi connectivity index (χ0n) is 12.4. The maximum Gasteiger partial charge on any atom is 0.340 e. The zero-order chi connectivity index (χ0) is 15.9. The number of hydrogen-bond donors (Lipinski definition) is 1. The molecule has 0 amide bonds. The van der Waals surface area contributed by atoms with E-state index >= 15 is 0 Å². The van der Waals surface area contributed by atoms with E-state index in [0.717, 1.165) is 0 Å². The van der Waals surface area contributed by atoms with Crippen LogP contribution in [-0.2, 0) is 4.74 Å². The number of pyridine rings is 2. The summed E-state index contributed by atoms with van der Waals surface area (Å²) in [6.07, 6.45) is 3.16. The van der Waals surface area contributed by atoms with Gasteiger partial charge in [0.15, 0.2) is 0 Å². The van der Waals surface area contributed by atoms with Crippen molar-refractivity contribution < 1.29 is 9.53 Å². The number of carbonyl (C=O) groups is 1. The van der Waals surface area contributed by atoms with Crippen LogP contribution in [0.5, 0.6) is 0 Å². The van der Waals surface area contributed by atoms with E-state index in [9.17, 15) is 9.59 Å². The van der Waals surface area contributed by atoms with Gasteiger partial charge in [-0.25, -0.2) is 4.79 Å². The summed E-state index contributed by atoms with van der Waals surface area (Å²) in [6, 6.07) is 3.40. The minimum atomic E-state index is -0.506. The van der Waals surface area contributed by atoms with Gasteiger partial charge in [-0.05, 0) is 19.9 Å². The van der Waals surface area contributed by atoms with E-state index < -0.39 is 5.97 Å². The third kappa shape index (κ3) is 1.98. The molecule has 0 bridgehead atoms. The Morgan fingerprint density at radius 3 is 2.68 bits per heavy atom. The number of esters is 1. The van der Waals surface area contributed by atoms with E-state index in [0.29, 0.717) is 33.5 Å². The number of aryl methyl sites for hydroxylation is 2. The largest absolute Gasteiger partial charge is 0.465 e. The number of H-pyrrole nitrogens is 1. The van der Waals surface area contributed by atoms with Gasteiger partial charge in [0.05, 0.1) is 35.6 Å². The number of nitrogens with one attached hydrogen (secondary N) is 1. The van der Waals surface area contributed by atoms with E-state index in [4.69, 9.17) is 4.74 Å². The fraction of sp³-hybridized carbons (Fsp3) is 0.200. The molecular weight excluding hydrogens is 284 g/mol. The van der Waals surface area contributed by atoms with Gasteiger partial charge < -0.3 is 4.74 Å². The summed E-state index contributed by atoms with van der Waals surface area (Å²) in [5.74, 6) is 0.0418. The molecule has 0 unspecified atom stereocenters. The first kappa shape index (κ1) is 14.0. The van der Waals surface area contributed by atoms with E-state index in [2.05, 4.69) is 15.2 Å². The van der Waals surface area contributed by atoms with Crippen LogP contribution >= 0.6 is 0 Å². The second-order valence-corrected chi connectivity index (χ2v) is 4.87. The normalized spacial score (nSPS) is 10.9. The fourth-order valence-electron chi connectivity index (χ4n) is 2.58. The maximum atomic E-state index is 12.7. The lowest BCUT2D eigenvalue weighted by atomic mass is 10.0. The van der Waals surface area contributed by atoms with Crippen molar-refractivity contribution in [2.24, 2.45) is 0 Å². The van der Waals surface area contributed by atoms with Gasteiger partial charge in [0.25, 0.3) is 5.56 Å². The molecule has 0 fully saturated rings. The summed E-state index contributed by atoms with van der Waals surface area (Å²) < 4.78 is 6.23. The Balaban J connectivity index is 2.42. The lowest BCUT2D eigenvalue weighted by Crippen LogP contribution is -2.21. The summed E-state index contributed by atoms with van der Waals surface area (Å²) in [6.45, 7) is 3.47. The van der Waals surface area contributed by atoms with E-state index in [1.54, 1.807) is 38.4 Å². The third-order valence-corrected chi connectivity index (χ3v) is 3.56. The van der Waals surface area contributed by atoms with E-state index in [1.807, 2.05) is 0 Å². The summed E-state index contributed by atoms with van der Waals surface area (Å²) in [7, 11) is 1.30. The molecule has 7 heteroatoms. The molecule has 0 aliphatic heterocycles. The second-order valence-electron chi connectivity index (χ2n) is 4.87. The predicted molar refractivity (Wildman–Crippen MR) is 80.3 cm³/mol. The molecule has 0 aromatic carbocycles. The second kappa shape index (κ2) is 5.10. The number of nitrogens with zero attached hydrogens (tertiary/aromatic N) is 3. The highest BCUT2D eigenvalue weighted by Gasteiger charge is 2.19. The highest BCUT2D eigenvalue weighted by atomic mass is 16.5. The Morgan fingerprint density at radius 2 is 2.05 bits per heavy atom. The van der Waals surface area contributed by atoms with Crippen molar-refractivity contribution in [1.82, 2.24) is 19.7 Å². The summed E-state index contributed by atoms with van der Waals surface area (Å²) in [5.41, 5.74) is 1.16. The van der Waals surface area contributed by atoms with Crippen LogP contribution in [-0.4, -0.2) is 32.8 Å². The molecule has 0 aliphatic rings. The van der Waals surface area contributed by atoms with Gasteiger partial charge in [-0.15, -0.1) is 0 Å². The zero-order valence-corrected chi connectivity index (χ0v) is 12.4. The molecule has 3 aromatic heterocycles. The number of ether oxygens (including phenoxy) is 1. The first-order chi connectivity index (χ1) is 10.5. The van der Waals surface area contributed by atoms with Gasteiger partial charge in [-0.2, -0.15) is 5.10 Å². The molecule has 0 saturated heterocycles. The Morgan fingerprint density at radius 1 is 1.27 bits per heavy atom.